The zero-order chi connectivity index (χ0) is 28.1. The maximum Gasteiger partial charge on any atom is 0.338 e. The molecule has 0 amide bonds. The predicted octanol–water partition coefficient (Wildman–Crippen LogP) is 2.32. The number of pyridine rings is 2. The second-order valence-corrected chi connectivity index (χ2v) is 11.6. The second-order valence-electron chi connectivity index (χ2n) is 9.46. The zero-order valence-electron chi connectivity index (χ0n) is 21.5. The van der Waals surface area contributed by atoms with Gasteiger partial charge in [0.05, 0.1) is 37.2 Å². The topological polar surface area (TPSA) is 125 Å². The van der Waals surface area contributed by atoms with Crippen molar-refractivity contribution in [1.29, 1.82) is 0 Å². The maximum absolute atomic E-state index is 15.6. The van der Waals surface area contributed by atoms with Gasteiger partial charge in [0.15, 0.2) is 21.5 Å². The third-order valence-electron chi connectivity index (χ3n) is 6.71. The lowest BCUT2D eigenvalue weighted by Gasteiger charge is -2.26. The number of hydrogen-bond donors (Lipinski definition) is 1. The van der Waals surface area contributed by atoms with Gasteiger partial charge in [-0.3, -0.25) is 4.79 Å². The molecule has 9 nitrogen and oxygen atoms in total. The fourth-order valence-electron chi connectivity index (χ4n) is 5.10. The minimum atomic E-state index is -3.54. The van der Waals surface area contributed by atoms with Gasteiger partial charge in [-0.1, -0.05) is 17.9 Å². The average molecular weight is 549 g/mol. The number of anilines is 2. The third-order valence-corrected chi connectivity index (χ3v) is 7.55. The first-order valence-electron chi connectivity index (χ1n) is 12.0. The van der Waals surface area contributed by atoms with Crippen LogP contribution in [0, 0.1) is 17.7 Å². The number of rotatable bonds is 4. The number of ether oxygens (including phenoxy) is 1. The van der Waals surface area contributed by atoms with E-state index in [1.54, 1.807) is 24.2 Å². The molecule has 0 spiro atoms. The van der Waals surface area contributed by atoms with Gasteiger partial charge in [-0.05, 0) is 41.3 Å². The number of nitrogens with two attached hydrogens (primary N) is 1. The lowest BCUT2D eigenvalue weighted by molar-refractivity contribution is 0.0600. The molecule has 0 unspecified atom stereocenters. The lowest BCUT2D eigenvalue weighted by atomic mass is 9.93. The van der Waals surface area contributed by atoms with Crippen molar-refractivity contribution in [2.75, 3.05) is 31.4 Å². The monoisotopic (exact) mass is 548 g/mol. The van der Waals surface area contributed by atoms with Crippen LogP contribution in [-0.4, -0.2) is 50.4 Å². The fourth-order valence-corrected chi connectivity index (χ4v) is 5.90. The van der Waals surface area contributed by atoms with Crippen molar-refractivity contribution in [1.82, 2.24) is 9.55 Å². The third kappa shape index (κ3) is 4.73. The number of carbonyl (C=O) groups is 1. The summed E-state index contributed by atoms with van der Waals surface area (Å²) in [6.07, 6.45) is 6.52. The lowest BCUT2D eigenvalue weighted by Crippen LogP contribution is -2.22. The van der Waals surface area contributed by atoms with Gasteiger partial charge in [0.2, 0.25) is 0 Å². The molecule has 11 heteroatoms. The normalized spacial score (nSPS) is 13.6. The highest BCUT2D eigenvalue weighted by Crippen LogP contribution is 2.46. The number of methoxy groups -OCH3 is 1. The van der Waals surface area contributed by atoms with Crippen LogP contribution in [0.3, 0.4) is 0 Å². The first-order chi connectivity index (χ1) is 18.5. The standard InChI is InChI=1S/C28H25FN4O5S/c1-32-14-22-21-10-18(15-39(3,36)37)20(28(35)38-2)11-24(21)33(13-17-6-7-19(25(17)22)27(32)34)26-23(29)9-16(12-31-26)5-4-8-30/h6,9-12,14H,7-8,13,15,30H2,1-3H3. The summed E-state index contributed by atoms with van der Waals surface area (Å²) < 4.78 is 46.6. The Morgan fingerprint density at radius 1 is 1.26 bits per heavy atom. The Labute approximate surface area is 224 Å². The molecule has 0 saturated heterocycles. The van der Waals surface area contributed by atoms with Crippen LogP contribution >= 0.6 is 0 Å². The summed E-state index contributed by atoms with van der Waals surface area (Å²) in [6, 6.07) is 4.37. The Kier molecular flexibility index (Phi) is 6.62. The Bertz CT molecular complexity index is 1820. The highest BCUT2D eigenvalue weighted by atomic mass is 32.2. The summed E-state index contributed by atoms with van der Waals surface area (Å²) in [7, 11) is -0.699. The van der Waals surface area contributed by atoms with Crippen LogP contribution < -0.4 is 16.2 Å². The number of fused-ring (bicyclic) bond motifs is 2. The van der Waals surface area contributed by atoms with E-state index in [9.17, 15) is 18.0 Å². The fraction of sp³-hybridized carbons (Fsp3) is 0.250. The van der Waals surface area contributed by atoms with Crippen molar-refractivity contribution in [3.05, 3.63) is 80.7 Å². The molecule has 2 aliphatic rings. The van der Waals surface area contributed by atoms with Crippen molar-refractivity contribution in [2.24, 2.45) is 12.8 Å². The first-order valence-corrected chi connectivity index (χ1v) is 14.1. The van der Waals surface area contributed by atoms with Crippen molar-refractivity contribution >= 4 is 32.9 Å². The summed E-state index contributed by atoms with van der Waals surface area (Å²) in [4.78, 5) is 31.8. The van der Waals surface area contributed by atoms with Gasteiger partial charge >= 0.3 is 5.97 Å². The minimum Gasteiger partial charge on any atom is -0.465 e. The second kappa shape index (κ2) is 9.80. The van der Waals surface area contributed by atoms with E-state index in [-0.39, 0.29) is 35.6 Å². The van der Waals surface area contributed by atoms with Gasteiger partial charge < -0.3 is 19.9 Å². The molecule has 5 rings (SSSR count). The maximum atomic E-state index is 15.6. The number of esters is 1. The molecule has 0 bridgehead atoms. The minimum absolute atomic E-state index is 0.0184. The predicted molar refractivity (Wildman–Crippen MR) is 146 cm³/mol. The van der Waals surface area contributed by atoms with E-state index in [1.807, 2.05) is 6.08 Å². The van der Waals surface area contributed by atoms with Gasteiger partial charge in [0.1, 0.15) is 0 Å². The molecular formula is C28H25FN4O5S. The zero-order valence-corrected chi connectivity index (χ0v) is 22.4. The molecule has 2 aromatic heterocycles. The number of benzene rings is 1. The van der Waals surface area contributed by atoms with E-state index < -0.39 is 27.4 Å². The number of aryl methyl sites for hydroxylation is 1. The number of sulfone groups is 1. The molecule has 0 radical (unpaired) electrons. The van der Waals surface area contributed by atoms with Crippen molar-refractivity contribution in [3.63, 3.8) is 0 Å². The van der Waals surface area contributed by atoms with Crippen molar-refractivity contribution < 1.29 is 22.3 Å². The molecule has 2 N–H and O–H groups in total. The number of halogens is 1. The summed E-state index contributed by atoms with van der Waals surface area (Å²) in [5, 5.41) is 0. The van der Waals surface area contributed by atoms with E-state index in [4.69, 9.17) is 10.5 Å². The van der Waals surface area contributed by atoms with Gasteiger partial charge in [-0.15, -0.1) is 0 Å². The van der Waals surface area contributed by atoms with Crippen LogP contribution in [0.1, 0.15) is 32.6 Å². The molecule has 0 fully saturated rings. The van der Waals surface area contributed by atoms with E-state index in [0.717, 1.165) is 17.4 Å². The largest absolute Gasteiger partial charge is 0.465 e. The molecule has 200 valence electrons. The van der Waals surface area contributed by atoms with Crippen LogP contribution in [0.15, 0.2) is 41.5 Å². The molecule has 1 aliphatic heterocycles. The summed E-state index contributed by atoms with van der Waals surface area (Å²) in [5.41, 5.74) is 9.64. The van der Waals surface area contributed by atoms with Crippen molar-refractivity contribution in [2.45, 2.75) is 12.2 Å². The molecule has 0 saturated carbocycles. The number of nitrogens with zero attached hydrogens (tertiary/aromatic N) is 3. The molecule has 1 aromatic carbocycles. The van der Waals surface area contributed by atoms with Gasteiger partial charge in [0, 0.05) is 48.0 Å². The van der Waals surface area contributed by atoms with E-state index >= 15 is 4.39 Å². The molecule has 3 aromatic rings. The molecular weight excluding hydrogens is 523 g/mol. The van der Waals surface area contributed by atoms with Crippen molar-refractivity contribution in [3.8, 4) is 23.0 Å². The number of aromatic nitrogens is 2. The van der Waals surface area contributed by atoms with Gasteiger partial charge in [-0.2, -0.15) is 0 Å². The molecule has 3 heterocycles. The highest BCUT2D eigenvalue weighted by Gasteiger charge is 2.33. The summed E-state index contributed by atoms with van der Waals surface area (Å²) >= 11 is 0. The SMILES string of the molecule is COC(=O)c1cc2c(cc1CS(C)(=O)=O)-c1cn(C)c(=O)c3c1C(=CC3)CN2c1ncc(C#CCN)cc1F. The molecule has 0 atom stereocenters. The number of allylic oxidation sites excluding steroid dienone is 1. The quantitative estimate of drug-likeness (QED) is 0.389. The Morgan fingerprint density at radius 2 is 2.03 bits per heavy atom. The summed E-state index contributed by atoms with van der Waals surface area (Å²) in [5.74, 6) is 3.62. The van der Waals surface area contributed by atoms with E-state index in [1.165, 1.54) is 30.0 Å². The van der Waals surface area contributed by atoms with Crippen LogP contribution in [0.25, 0.3) is 16.7 Å². The first kappa shape index (κ1) is 26.3. The Hall–Kier alpha value is -4.27. The van der Waals surface area contributed by atoms with Crippen LogP contribution in [0.2, 0.25) is 0 Å². The smallest absolute Gasteiger partial charge is 0.338 e. The number of hydrogen-bond acceptors (Lipinski definition) is 8. The van der Waals surface area contributed by atoms with Crippen LogP contribution in [0.4, 0.5) is 15.9 Å². The highest BCUT2D eigenvalue weighted by molar-refractivity contribution is 7.89. The van der Waals surface area contributed by atoms with Crippen LogP contribution in [0.5, 0.6) is 0 Å². The number of carbonyl (C=O) groups excluding carboxylic acids is 1. The van der Waals surface area contributed by atoms with E-state index in [2.05, 4.69) is 16.8 Å². The Morgan fingerprint density at radius 3 is 2.69 bits per heavy atom. The van der Waals surface area contributed by atoms with Gasteiger partial charge in [-0.25, -0.2) is 22.6 Å². The van der Waals surface area contributed by atoms with Crippen LogP contribution in [-0.2, 0) is 33.8 Å². The molecule has 1 aliphatic carbocycles. The van der Waals surface area contributed by atoms with Gasteiger partial charge in [0.25, 0.3) is 5.56 Å². The van der Waals surface area contributed by atoms with E-state index in [0.29, 0.717) is 34.4 Å². The summed E-state index contributed by atoms with van der Waals surface area (Å²) in [6.45, 7) is 0.271. The average Bonchev–Trinajstić information content (AvgIpc) is 3.26. The molecule has 39 heavy (non-hydrogen) atoms. The Balaban J connectivity index is 1.84.